The second-order valence-electron chi connectivity index (χ2n) is 4.07. The van der Waals surface area contributed by atoms with E-state index in [2.05, 4.69) is 5.32 Å². The summed E-state index contributed by atoms with van der Waals surface area (Å²) in [6, 6.07) is 7.10. The Morgan fingerprint density at radius 3 is 2.50 bits per heavy atom. The third kappa shape index (κ3) is 5.24. The van der Waals surface area contributed by atoms with Gasteiger partial charge in [-0.05, 0) is 37.6 Å². The highest BCUT2D eigenvalue weighted by molar-refractivity contribution is 5.94. The quantitative estimate of drug-likeness (QED) is 0.639. The van der Waals surface area contributed by atoms with Crippen molar-refractivity contribution in [1.82, 2.24) is 0 Å². The molecule has 5 heteroatoms. The number of anilines is 1. The first-order valence-electron chi connectivity index (χ1n) is 6.35. The minimum atomic E-state index is -0.501. The van der Waals surface area contributed by atoms with Gasteiger partial charge in [-0.2, -0.15) is 0 Å². The van der Waals surface area contributed by atoms with Gasteiger partial charge in [0.2, 0.25) is 0 Å². The summed E-state index contributed by atoms with van der Waals surface area (Å²) in [5, 5.41) is 2.73. The molecule has 0 radical (unpaired) electrons. The molecule has 0 heterocycles. The topological polar surface area (TPSA) is 64.6 Å². The van der Waals surface area contributed by atoms with E-state index in [9.17, 15) is 9.59 Å². The third-order valence-corrected chi connectivity index (χ3v) is 2.60. The zero-order valence-corrected chi connectivity index (χ0v) is 11.9. The fraction of sp³-hybridized carbons (Fsp3) is 0.333. The third-order valence-electron chi connectivity index (χ3n) is 2.60. The maximum absolute atomic E-state index is 11.6. The van der Waals surface area contributed by atoms with Gasteiger partial charge in [0.05, 0.1) is 6.61 Å². The average Bonchev–Trinajstić information content (AvgIpc) is 2.46. The first-order chi connectivity index (χ1) is 9.56. The second-order valence-corrected chi connectivity index (χ2v) is 4.07. The highest BCUT2D eigenvalue weighted by Gasteiger charge is 2.10. The SMILES string of the molecule is CCOC(=O)/C=C/c1ccc(NC(=O)C(C)OC)cc1. The van der Waals surface area contributed by atoms with Crippen molar-refractivity contribution in [3.8, 4) is 0 Å². The van der Waals surface area contributed by atoms with E-state index >= 15 is 0 Å². The van der Waals surface area contributed by atoms with Crippen LogP contribution in [-0.4, -0.2) is 31.7 Å². The van der Waals surface area contributed by atoms with Crippen LogP contribution in [0.25, 0.3) is 6.08 Å². The summed E-state index contributed by atoms with van der Waals surface area (Å²) in [6.07, 6.45) is 2.52. The molecule has 1 atom stereocenters. The molecule has 1 rings (SSSR count). The molecule has 1 amide bonds. The summed E-state index contributed by atoms with van der Waals surface area (Å²) in [4.78, 5) is 22.8. The van der Waals surface area contributed by atoms with Crippen molar-refractivity contribution in [2.75, 3.05) is 19.0 Å². The number of benzene rings is 1. The molecule has 0 fully saturated rings. The number of hydrogen-bond acceptors (Lipinski definition) is 4. The summed E-state index contributed by atoms with van der Waals surface area (Å²) >= 11 is 0. The molecule has 1 aromatic carbocycles. The van der Waals surface area contributed by atoms with Gasteiger partial charge in [-0.3, -0.25) is 4.79 Å². The van der Waals surface area contributed by atoms with Crippen LogP contribution in [-0.2, 0) is 19.1 Å². The van der Waals surface area contributed by atoms with E-state index in [1.165, 1.54) is 13.2 Å². The van der Waals surface area contributed by atoms with Crippen LogP contribution in [0.15, 0.2) is 30.3 Å². The van der Waals surface area contributed by atoms with Crippen molar-refractivity contribution in [3.05, 3.63) is 35.9 Å². The molecule has 1 N–H and O–H groups in total. The van der Waals surface area contributed by atoms with Crippen LogP contribution in [0.3, 0.4) is 0 Å². The van der Waals surface area contributed by atoms with Crippen molar-refractivity contribution in [1.29, 1.82) is 0 Å². The van der Waals surface area contributed by atoms with Gasteiger partial charge in [-0.15, -0.1) is 0 Å². The van der Waals surface area contributed by atoms with Crippen molar-refractivity contribution in [2.45, 2.75) is 20.0 Å². The molecule has 0 aliphatic carbocycles. The van der Waals surface area contributed by atoms with Crippen LogP contribution in [0, 0.1) is 0 Å². The predicted octanol–water partition coefficient (Wildman–Crippen LogP) is 2.24. The van der Waals surface area contributed by atoms with E-state index in [0.717, 1.165) is 5.56 Å². The van der Waals surface area contributed by atoms with E-state index in [4.69, 9.17) is 9.47 Å². The Morgan fingerprint density at radius 1 is 1.30 bits per heavy atom. The minimum Gasteiger partial charge on any atom is -0.463 e. The highest BCUT2D eigenvalue weighted by atomic mass is 16.5. The summed E-state index contributed by atoms with van der Waals surface area (Å²) in [6.45, 7) is 3.78. The van der Waals surface area contributed by atoms with Gasteiger partial charge in [0.15, 0.2) is 0 Å². The lowest BCUT2D eigenvalue weighted by molar-refractivity contribution is -0.137. The molecule has 20 heavy (non-hydrogen) atoms. The summed E-state index contributed by atoms with van der Waals surface area (Å²) in [5.41, 5.74) is 1.52. The monoisotopic (exact) mass is 277 g/mol. The highest BCUT2D eigenvalue weighted by Crippen LogP contribution is 2.11. The van der Waals surface area contributed by atoms with E-state index < -0.39 is 6.10 Å². The van der Waals surface area contributed by atoms with E-state index in [1.54, 1.807) is 44.2 Å². The number of nitrogens with one attached hydrogen (secondary N) is 1. The van der Waals surface area contributed by atoms with Gasteiger partial charge < -0.3 is 14.8 Å². The van der Waals surface area contributed by atoms with Crippen molar-refractivity contribution in [3.63, 3.8) is 0 Å². The van der Waals surface area contributed by atoms with Crippen LogP contribution < -0.4 is 5.32 Å². The van der Waals surface area contributed by atoms with Crippen LogP contribution in [0.4, 0.5) is 5.69 Å². The Balaban J connectivity index is 2.60. The van der Waals surface area contributed by atoms with Gasteiger partial charge in [-0.25, -0.2) is 4.79 Å². The van der Waals surface area contributed by atoms with Crippen molar-refractivity contribution < 1.29 is 19.1 Å². The molecule has 5 nitrogen and oxygen atoms in total. The predicted molar refractivity (Wildman–Crippen MR) is 77.2 cm³/mol. The molecule has 0 aromatic heterocycles. The van der Waals surface area contributed by atoms with Gasteiger partial charge in [0, 0.05) is 18.9 Å². The Labute approximate surface area is 118 Å². The summed E-state index contributed by atoms with van der Waals surface area (Å²) in [7, 11) is 1.48. The average molecular weight is 277 g/mol. The summed E-state index contributed by atoms with van der Waals surface area (Å²) in [5.74, 6) is -0.582. The van der Waals surface area contributed by atoms with Gasteiger partial charge in [0.25, 0.3) is 5.91 Å². The van der Waals surface area contributed by atoms with Crippen LogP contribution in [0.2, 0.25) is 0 Å². The van der Waals surface area contributed by atoms with E-state index in [0.29, 0.717) is 12.3 Å². The number of carbonyl (C=O) groups excluding carboxylic acids is 2. The first-order valence-corrected chi connectivity index (χ1v) is 6.35. The molecule has 1 unspecified atom stereocenters. The number of hydrogen-bond donors (Lipinski definition) is 1. The van der Waals surface area contributed by atoms with Crippen LogP contribution in [0.5, 0.6) is 0 Å². The number of rotatable bonds is 6. The molecule has 0 aliphatic rings. The number of methoxy groups -OCH3 is 1. The lowest BCUT2D eigenvalue weighted by atomic mass is 10.2. The smallest absolute Gasteiger partial charge is 0.330 e. The fourth-order valence-electron chi connectivity index (χ4n) is 1.38. The molecule has 1 aromatic rings. The maximum Gasteiger partial charge on any atom is 0.330 e. The molecule has 108 valence electrons. The molecule has 0 aliphatic heterocycles. The second kappa shape index (κ2) is 8.12. The Hall–Kier alpha value is -2.14. The molecule has 0 spiro atoms. The van der Waals surface area contributed by atoms with Crippen LogP contribution in [0.1, 0.15) is 19.4 Å². The Bertz CT molecular complexity index is 479. The molecule has 0 saturated carbocycles. The number of esters is 1. The molecular formula is C15H19NO4. The molecular weight excluding hydrogens is 258 g/mol. The fourth-order valence-corrected chi connectivity index (χ4v) is 1.38. The zero-order chi connectivity index (χ0) is 15.0. The molecule has 0 saturated heterocycles. The zero-order valence-electron chi connectivity index (χ0n) is 11.9. The van der Waals surface area contributed by atoms with Crippen molar-refractivity contribution in [2.24, 2.45) is 0 Å². The number of amides is 1. The lowest BCUT2D eigenvalue weighted by Gasteiger charge is -2.10. The summed E-state index contributed by atoms with van der Waals surface area (Å²) < 4.78 is 9.70. The van der Waals surface area contributed by atoms with E-state index in [1.807, 2.05) is 0 Å². The largest absolute Gasteiger partial charge is 0.463 e. The Morgan fingerprint density at radius 2 is 1.95 bits per heavy atom. The number of ether oxygens (including phenoxy) is 2. The first kappa shape index (κ1) is 15.9. The maximum atomic E-state index is 11.6. The normalized spacial score (nSPS) is 12.2. The van der Waals surface area contributed by atoms with Gasteiger partial charge in [0.1, 0.15) is 6.10 Å². The number of carbonyl (C=O) groups is 2. The molecule has 0 bridgehead atoms. The Kier molecular flexibility index (Phi) is 6.46. The van der Waals surface area contributed by atoms with Crippen LogP contribution >= 0.6 is 0 Å². The van der Waals surface area contributed by atoms with Crippen molar-refractivity contribution >= 4 is 23.6 Å². The van der Waals surface area contributed by atoms with Gasteiger partial charge >= 0.3 is 5.97 Å². The minimum absolute atomic E-state index is 0.206. The standard InChI is InChI=1S/C15H19NO4/c1-4-20-14(17)10-7-12-5-8-13(9-6-12)16-15(18)11(2)19-3/h5-11H,4H2,1-3H3,(H,16,18)/b10-7+. The van der Waals surface area contributed by atoms with E-state index in [-0.39, 0.29) is 11.9 Å². The lowest BCUT2D eigenvalue weighted by Crippen LogP contribution is -2.26. The van der Waals surface area contributed by atoms with Gasteiger partial charge in [-0.1, -0.05) is 12.1 Å².